The maximum absolute atomic E-state index is 4.00. The molecular weight excluding hydrogens is 194 g/mol. The van der Waals surface area contributed by atoms with Gasteiger partial charge in [0.05, 0.1) is 0 Å². The summed E-state index contributed by atoms with van der Waals surface area (Å²) in [5.74, 6) is 0. The zero-order valence-corrected chi connectivity index (χ0v) is 10.7. The van der Waals surface area contributed by atoms with Crippen LogP contribution in [0.1, 0.15) is 44.4 Å². The van der Waals surface area contributed by atoms with Crippen LogP contribution in [0.3, 0.4) is 0 Å². The van der Waals surface area contributed by atoms with Gasteiger partial charge in [-0.3, -0.25) is 0 Å². The molecule has 1 aromatic carbocycles. The number of nitrogens with one attached hydrogen (secondary N) is 1. The van der Waals surface area contributed by atoms with Crippen molar-refractivity contribution in [3.63, 3.8) is 0 Å². The third-order valence-electron chi connectivity index (χ3n) is 2.79. The summed E-state index contributed by atoms with van der Waals surface area (Å²) in [5, 5.41) is 3.51. The van der Waals surface area contributed by atoms with Crippen LogP contribution in [-0.2, 0) is 6.42 Å². The van der Waals surface area contributed by atoms with Crippen molar-refractivity contribution in [2.45, 2.75) is 39.7 Å². The van der Waals surface area contributed by atoms with Crippen LogP contribution in [0.4, 0.5) is 0 Å². The van der Waals surface area contributed by atoms with Crippen molar-refractivity contribution in [2.24, 2.45) is 0 Å². The van der Waals surface area contributed by atoms with Crippen molar-refractivity contribution >= 4 is 0 Å². The highest BCUT2D eigenvalue weighted by Crippen LogP contribution is 2.20. The Bertz CT molecular complexity index is 324. The predicted molar refractivity (Wildman–Crippen MR) is 71.7 cm³/mol. The summed E-state index contributed by atoms with van der Waals surface area (Å²) in [4.78, 5) is 0. The molecule has 0 spiro atoms. The van der Waals surface area contributed by atoms with Gasteiger partial charge < -0.3 is 5.32 Å². The minimum absolute atomic E-state index is 0.411. The fraction of sp³-hybridized carbons (Fsp3) is 0.467. The largest absolute Gasteiger partial charge is 0.310 e. The highest BCUT2D eigenvalue weighted by atomic mass is 14.9. The van der Waals surface area contributed by atoms with E-state index in [1.54, 1.807) is 0 Å². The lowest BCUT2D eigenvalue weighted by atomic mass is 9.98. The van der Waals surface area contributed by atoms with E-state index in [9.17, 15) is 0 Å². The first kappa shape index (κ1) is 13.0. The minimum atomic E-state index is 0.411. The lowest BCUT2D eigenvalue weighted by Gasteiger charge is -2.18. The smallest absolute Gasteiger partial charge is 0.0357 e. The van der Waals surface area contributed by atoms with Crippen LogP contribution in [0.5, 0.6) is 0 Å². The fourth-order valence-corrected chi connectivity index (χ4v) is 1.89. The van der Waals surface area contributed by atoms with Gasteiger partial charge >= 0.3 is 0 Å². The molecule has 1 N–H and O–H groups in total. The number of rotatable bonds is 6. The van der Waals surface area contributed by atoms with Gasteiger partial charge in [-0.25, -0.2) is 0 Å². The van der Waals surface area contributed by atoms with Gasteiger partial charge in [-0.15, -0.1) is 6.58 Å². The van der Waals surface area contributed by atoms with Crippen LogP contribution in [0, 0.1) is 0 Å². The molecule has 0 aliphatic heterocycles. The van der Waals surface area contributed by atoms with Crippen LogP contribution in [-0.4, -0.2) is 6.54 Å². The predicted octanol–water partition coefficient (Wildman–Crippen LogP) is 3.87. The number of hydrogen-bond acceptors (Lipinski definition) is 1. The van der Waals surface area contributed by atoms with Crippen LogP contribution < -0.4 is 5.32 Å². The Morgan fingerprint density at radius 1 is 1.25 bits per heavy atom. The Kier molecular flexibility index (Phi) is 5.27. The first-order valence-corrected chi connectivity index (χ1v) is 6.14. The molecule has 1 atom stereocenters. The normalized spacial score (nSPS) is 12.4. The van der Waals surface area contributed by atoms with Gasteiger partial charge in [-0.05, 0) is 37.4 Å². The highest BCUT2D eigenvalue weighted by Gasteiger charge is 2.09. The summed E-state index contributed by atoms with van der Waals surface area (Å²) < 4.78 is 0. The van der Waals surface area contributed by atoms with Gasteiger partial charge in [0.1, 0.15) is 0 Å². The van der Waals surface area contributed by atoms with Crippen molar-refractivity contribution in [1.82, 2.24) is 5.32 Å². The zero-order valence-electron chi connectivity index (χ0n) is 10.7. The second-order valence-electron chi connectivity index (χ2n) is 4.37. The molecule has 1 heteroatoms. The molecule has 0 aliphatic carbocycles. The van der Waals surface area contributed by atoms with E-state index in [1.165, 1.54) is 16.7 Å². The molecule has 88 valence electrons. The number of benzene rings is 1. The van der Waals surface area contributed by atoms with Crippen molar-refractivity contribution in [1.29, 1.82) is 0 Å². The van der Waals surface area contributed by atoms with Crippen LogP contribution in [0.15, 0.2) is 36.4 Å². The summed E-state index contributed by atoms with van der Waals surface area (Å²) in [6, 6.07) is 9.31. The molecule has 1 nitrogen and oxygen atoms in total. The maximum atomic E-state index is 4.00. The molecule has 16 heavy (non-hydrogen) atoms. The first-order chi connectivity index (χ1) is 7.67. The summed E-state index contributed by atoms with van der Waals surface area (Å²) in [7, 11) is 0. The topological polar surface area (TPSA) is 12.0 Å². The van der Waals surface area contributed by atoms with Crippen LogP contribution >= 0.6 is 0 Å². The molecule has 0 aliphatic rings. The summed E-state index contributed by atoms with van der Waals surface area (Å²) in [5.41, 5.74) is 3.99. The monoisotopic (exact) mass is 217 g/mol. The Hall–Kier alpha value is -1.08. The zero-order chi connectivity index (χ0) is 12.0. The minimum Gasteiger partial charge on any atom is -0.310 e. The SMILES string of the molecule is C=C(C)CC(NCC)c1ccc(CC)cc1. The van der Waals surface area contributed by atoms with E-state index < -0.39 is 0 Å². The molecule has 1 aromatic rings. The lowest BCUT2D eigenvalue weighted by molar-refractivity contribution is 0.548. The maximum Gasteiger partial charge on any atom is 0.0357 e. The third kappa shape index (κ3) is 3.82. The third-order valence-corrected chi connectivity index (χ3v) is 2.79. The van der Waals surface area contributed by atoms with Crippen LogP contribution in [0.25, 0.3) is 0 Å². The molecule has 0 aromatic heterocycles. The molecule has 0 saturated carbocycles. The van der Waals surface area contributed by atoms with Gasteiger partial charge in [0.2, 0.25) is 0 Å². The van der Waals surface area contributed by atoms with Gasteiger partial charge in [0, 0.05) is 6.04 Å². The standard InChI is InChI=1S/C15H23N/c1-5-13-7-9-14(10-8-13)15(16-6-2)11-12(3)4/h7-10,15-16H,3,5-6,11H2,1-2,4H3. The van der Waals surface area contributed by atoms with Gasteiger partial charge in [-0.2, -0.15) is 0 Å². The number of aryl methyl sites for hydroxylation is 1. The molecule has 1 rings (SSSR count). The molecule has 0 radical (unpaired) electrons. The van der Waals surface area contributed by atoms with E-state index in [1.807, 2.05) is 0 Å². The van der Waals surface area contributed by atoms with Crippen molar-refractivity contribution in [3.05, 3.63) is 47.5 Å². The molecule has 0 fully saturated rings. The van der Waals surface area contributed by atoms with Gasteiger partial charge in [0.25, 0.3) is 0 Å². The van der Waals surface area contributed by atoms with E-state index in [0.717, 1.165) is 19.4 Å². The highest BCUT2D eigenvalue weighted by molar-refractivity contribution is 5.26. The Balaban J connectivity index is 2.79. The first-order valence-electron chi connectivity index (χ1n) is 6.14. The Morgan fingerprint density at radius 2 is 1.88 bits per heavy atom. The average Bonchev–Trinajstić information content (AvgIpc) is 2.28. The van der Waals surface area contributed by atoms with E-state index in [-0.39, 0.29) is 0 Å². The number of hydrogen-bond donors (Lipinski definition) is 1. The fourth-order valence-electron chi connectivity index (χ4n) is 1.89. The molecule has 0 heterocycles. The summed E-state index contributed by atoms with van der Waals surface area (Å²) in [6.07, 6.45) is 2.12. The lowest BCUT2D eigenvalue weighted by Crippen LogP contribution is -2.21. The van der Waals surface area contributed by atoms with E-state index >= 15 is 0 Å². The van der Waals surface area contributed by atoms with Crippen molar-refractivity contribution in [3.8, 4) is 0 Å². The van der Waals surface area contributed by atoms with Gasteiger partial charge in [-0.1, -0.05) is 43.7 Å². The van der Waals surface area contributed by atoms with E-state index in [4.69, 9.17) is 0 Å². The molecule has 0 saturated heterocycles. The second-order valence-corrected chi connectivity index (χ2v) is 4.37. The quantitative estimate of drug-likeness (QED) is 0.713. The average molecular weight is 217 g/mol. The summed E-state index contributed by atoms with van der Waals surface area (Å²) in [6.45, 7) is 11.4. The second kappa shape index (κ2) is 6.49. The van der Waals surface area contributed by atoms with Crippen LogP contribution in [0.2, 0.25) is 0 Å². The summed E-state index contributed by atoms with van der Waals surface area (Å²) >= 11 is 0. The Labute approximate surface area is 99.6 Å². The Morgan fingerprint density at radius 3 is 2.31 bits per heavy atom. The van der Waals surface area contributed by atoms with Crippen molar-refractivity contribution in [2.75, 3.05) is 6.54 Å². The van der Waals surface area contributed by atoms with Crippen molar-refractivity contribution < 1.29 is 0 Å². The molecule has 1 unspecified atom stereocenters. The van der Waals surface area contributed by atoms with Gasteiger partial charge in [0.15, 0.2) is 0 Å². The van der Waals surface area contributed by atoms with E-state index in [2.05, 4.69) is 56.9 Å². The molecule has 0 amide bonds. The molecule has 0 bridgehead atoms. The molecular formula is C15H23N. The van der Waals surface area contributed by atoms with E-state index in [0.29, 0.717) is 6.04 Å².